The minimum Gasteiger partial charge on any atom is -0.481 e. The van der Waals surface area contributed by atoms with E-state index in [1.54, 1.807) is 0 Å². The fraction of sp³-hybridized carbons (Fsp3) is 0.615. The standard InChI is InChI=1S/C13H18N2O4S/c1-8-14-10(6-12(16)17)11(20-8)7-15-4-2-9(3-5-15)13(18)19/h9H,2-7H2,1H3,(H,16,17)(H,18,19). The highest BCUT2D eigenvalue weighted by Gasteiger charge is 2.25. The summed E-state index contributed by atoms with van der Waals surface area (Å²) in [5, 5.41) is 18.7. The number of aromatic nitrogens is 1. The summed E-state index contributed by atoms with van der Waals surface area (Å²) in [4.78, 5) is 29.2. The normalized spacial score (nSPS) is 17.2. The molecule has 2 rings (SSSR count). The number of rotatable bonds is 5. The molecule has 0 amide bonds. The van der Waals surface area contributed by atoms with Gasteiger partial charge in [0, 0.05) is 11.4 Å². The van der Waals surface area contributed by atoms with Crippen molar-refractivity contribution < 1.29 is 19.8 Å². The average molecular weight is 298 g/mol. The van der Waals surface area contributed by atoms with Crippen molar-refractivity contribution in [2.45, 2.75) is 32.7 Å². The van der Waals surface area contributed by atoms with E-state index in [0.29, 0.717) is 25.1 Å². The van der Waals surface area contributed by atoms with Crippen molar-refractivity contribution in [2.24, 2.45) is 5.92 Å². The largest absolute Gasteiger partial charge is 0.481 e. The molecule has 0 radical (unpaired) electrons. The number of hydrogen-bond donors (Lipinski definition) is 2. The zero-order chi connectivity index (χ0) is 14.7. The molecular weight excluding hydrogens is 280 g/mol. The van der Waals surface area contributed by atoms with E-state index < -0.39 is 11.9 Å². The van der Waals surface area contributed by atoms with Crippen molar-refractivity contribution in [1.82, 2.24) is 9.88 Å². The average Bonchev–Trinajstić information content (AvgIpc) is 2.69. The summed E-state index contributed by atoms with van der Waals surface area (Å²) in [6.07, 6.45) is 1.26. The van der Waals surface area contributed by atoms with Crippen molar-refractivity contribution in [3.05, 3.63) is 15.6 Å². The second-order valence-electron chi connectivity index (χ2n) is 5.06. The molecule has 110 valence electrons. The number of thiazole rings is 1. The third-order valence-electron chi connectivity index (χ3n) is 3.51. The van der Waals surface area contributed by atoms with Crippen molar-refractivity contribution in [1.29, 1.82) is 0 Å². The van der Waals surface area contributed by atoms with Gasteiger partial charge in [0.15, 0.2) is 0 Å². The predicted octanol–water partition coefficient (Wildman–Crippen LogP) is 1.38. The summed E-state index contributed by atoms with van der Waals surface area (Å²) in [5.41, 5.74) is 0.639. The van der Waals surface area contributed by atoms with Crippen LogP contribution in [0.2, 0.25) is 0 Å². The molecule has 1 aromatic heterocycles. The third kappa shape index (κ3) is 3.77. The fourth-order valence-corrected chi connectivity index (χ4v) is 3.45. The Morgan fingerprint density at radius 3 is 2.55 bits per heavy atom. The highest BCUT2D eigenvalue weighted by atomic mass is 32.1. The van der Waals surface area contributed by atoms with Crippen molar-refractivity contribution in [3.8, 4) is 0 Å². The van der Waals surface area contributed by atoms with Crippen LogP contribution in [0.3, 0.4) is 0 Å². The van der Waals surface area contributed by atoms with Gasteiger partial charge in [-0.15, -0.1) is 11.3 Å². The maximum Gasteiger partial charge on any atom is 0.309 e. The van der Waals surface area contributed by atoms with Gasteiger partial charge in [-0.1, -0.05) is 0 Å². The van der Waals surface area contributed by atoms with Crippen LogP contribution in [-0.4, -0.2) is 45.1 Å². The van der Waals surface area contributed by atoms with Gasteiger partial charge in [0.25, 0.3) is 0 Å². The van der Waals surface area contributed by atoms with E-state index in [0.717, 1.165) is 23.0 Å². The maximum absolute atomic E-state index is 10.9. The van der Waals surface area contributed by atoms with Crippen LogP contribution in [-0.2, 0) is 22.6 Å². The molecule has 1 fully saturated rings. The molecule has 1 aliphatic heterocycles. The van der Waals surface area contributed by atoms with Crippen LogP contribution in [0.1, 0.15) is 28.4 Å². The summed E-state index contributed by atoms with van der Waals surface area (Å²) in [7, 11) is 0. The first-order chi connectivity index (χ1) is 9.45. The van der Waals surface area contributed by atoms with Crippen LogP contribution in [0.15, 0.2) is 0 Å². The van der Waals surface area contributed by atoms with Gasteiger partial charge in [-0.2, -0.15) is 0 Å². The molecule has 20 heavy (non-hydrogen) atoms. The lowest BCUT2D eigenvalue weighted by atomic mass is 9.97. The molecule has 0 atom stereocenters. The Balaban J connectivity index is 1.97. The molecule has 0 spiro atoms. The summed E-state index contributed by atoms with van der Waals surface area (Å²) in [6.45, 7) is 4.01. The van der Waals surface area contributed by atoms with E-state index >= 15 is 0 Å². The minimum atomic E-state index is -0.874. The summed E-state index contributed by atoms with van der Waals surface area (Å²) < 4.78 is 0. The van der Waals surface area contributed by atoms with Crippen LogP contribution >= 0.6 is 11.3 Å². The molecule has 0 unspecified atom stereocenters. The van der Waals surface area contributed by atoms with Gasteiger partial charge in [-0.05, 0) is 32.9 Å². The number of hydrogen-bond acceptors (Lipinski definition) is 5. The van der Waals surface area contributed by atoms with Gasteiger partial charge in [0.1, 0.15) is 0 Å². The number of carboxylic acid groups (broad SMARTS) is 2. The molecule has 0 bridgehead atoms. The van der Waals surface area contributed by atoms with E-state index in [2.05, 4.69) is 9.88 Å². The first-order valence-corrected chi connectivity index (χ1v) is 7.39. The number of nitrogens with zero attached hydrogens (tertiary/aromatic N) is 2. The SMILES string of the molecule is Cc1nc(CC(=O)O)c(CN2CCC(C(=O)O)CC2)s1. The van der Waals surface area contributed by atoms with Crippen LogP contribution in [0.25, 0.3) is 0 Å². The number of aryl methyl sites for hydroxylation is 1. The molecule has 2 heterocycles. The van der Waals surface area contributed by atoms with Crippen LogP contribution < -0.4 is 0 Å². The molecule has 1 aromatic rings. The minimum absolute atomic E-state index is 0.0503. The van der Waals surface area contributed by atoms with E-state index in [1.165, 1.54) is 11.3 Å². The first-order valence-electron chi connectivity index (χ1n) is 6.58. The third-order valence-corrected chi connectivity index (χ3v) is 4.51. The molecule has 1 saturated heterocycles. The Morgan fingerprint density at radius 1 is 1.35 bits per heavy atom. The van der Waals surface area contributed by atoms with Crippen LogP contribution in [0.4, 0.5) is 0 Å². The van der Waals surface area contributed by atoms with Gasteiger partial charge < -0.3 is 10.2 Å². The Labute approximate surface area is 121 Å². The lowest BCUT2D eigenvalue weighted by molar-refractivity contribution is -0.143. The molecule has 0 saturated carbocycles. The number of carbonyl (C=O) groups is 2. The zero-order valence-electron chi connectivity index (χ0n) is 11.3. The number of aliphatic carboxylic acids is 2. The van der Waals surface area contributed by atoms with E-state index in [1.807, 2.05) is 6.92 Å². The molecular formula is C13H18N2O4S. The van der Waals surface area contributed by atoms with Gasteiger partial charge in [0.05, 0.1) is 23.0 Å². The van der Waals surface area contributed by atoms with Gasteiger partial charge in [-0.25, -0.2) is 4.98 Å². The molecule has 7 heteroatoms. The Kier molecular flexibility index (Phi) is 4.72. The highest BCUT2D eigenvalue weighted by Crippen LogP contribution is 2.24. The lowest BCUT2D eigenvalue weighted by Gasteiger charge is -2.29. The molecule has 2 N–H and O–H groups in total. The number of piperidine rings is 1. The lowest BCUT2D eigenvalue weighted by Crippen LogP contribution is -2.35. The number of likely N-dealkylation sites (tertiary alicyclic amines) is 1. The predicted molar refractivity (Wildman–Crippen MR) is 73.8 cm³/mol. The second-order valence-corrected chi connectivity index (χ2v) is 6.35. The Morgan fingerprint density at radius 2 is 2.00 bits per heavy atom. The second kappa shape index (κ2) is 6.32. The monoisotopic (exact) mass is 298 g/mol. The zero-order valence-corrected chi connectivity index (χ0v) is 12.2. The van der Waals surface area contributed by atoms with E-state index in [-0.39, 0.29) is 12.3 Å². The first kappa shape index (κ1) is 14.9. The summed E-state index contributed by atoms with van der Waals surface area (Å²) in [6, 6.07) is 0. The van der Waals surface area contributed by atoms with Crippen molar-refractivity contribution >= 4 is 23.3 Å². The maximum atomic E-state index is 10.9. The van der Waals surface area contributed by atoms with Gasteiger partial charge >= 0.3 is 11.9 Å². The molecule has 0 aliphatic carbocycles. The summed E-state index contributed by atoms with van der Waals surface area (Å²) in [5.74, 6) is -1.83. The highest BCUT2D eigenvalue weighted by molar-refractivity contribution is 7.11. The Bertz CT molecular complexity index is 506. The Hall–Kier alpha value is -1.47. The van der Waals surface area contributed by atoms with E-state index in [9.17, 15) is 9.59 Å². The van der Waals surface area contributed by atoms with Crippen molar-refractivity contribution in [3.63, 3.8) is 0 Å². The van der Waals surface area contributed by atoms with Crippen LogP contribution in [0, 0.1) is 12.8 Å². The van der Waals surface area contributed by atoms with Crippen LogP contribution in [0.5, 0.6) is 0 Å². The van der Waals surface area contributed by atoms with Gasteiger partial charge in [0.2, 0.25) is 0 Å². The topological polar surface area (TPSA) is 90.7 Å². The molecule has 1 aliphatic rings. The molecule has 6 nitrogen and oxygen atoms in total. The van der Waals surface area contributed by atoms with Crippen molar-refractivity contribution in [2.75, 3.05) is 13.1 Å². The summed E-state index contributed by atoms with van der Waals surface area (Å²) >= 11 is 1.52. The fourth-order valence-electron chi connectivity index (χ4n) is 2.46. The van der Waals surface area contributed by atoms with Gasteiger partial charge in [-0.3, -0.25) is 14.5 Å². The quantitative estimate of drug-likeness (QED) is 0.853. The molecule has 0 aromatic carbocycles. The number of carboxylic acids is 2. The smallest absolute Gasteiger partial charge is 0.309 e. The van der Waals surface area contributed by atoms with E-state index in [4.69, 9.17) is 10.2 Å².